The van der Waals surface area contributed by atoms with Crippen LogP contribution >= 0.6 is 0 Å². The van der Waals surface area contributed by atoms with Crippen LogP contribution in [0.15, 0.2) is 48.5 Å². The van der Waals surface area contributed by atoms with E-state index in [0.29, 0.717) is 24.3 Å². The van der Waals surface area contributed by atoms with Gasteiger partial charge in [0.05, 0.1) is 12.7 Å². The van der Waals surface area contributed by atoms with Crippen molar-refractivity contribution in [1.29, 1.82) is 0 Å². The third-order valence-corrected chi connectivity index (χ3v) is 4.04. The molecule has 130 valence electrons. The summed E-state index contributed by atoms with van der Waals surface area (Å²) in [6, 6.07) is 15.5. The van der Waals surface area contributed by atoms with Crippen molar-refractivity contribution in [2.75, 3.05) is 0 Å². The van der Waals surface area contributed by atoms with Crippen LogP contribution in [0.1, 0.15) is 56.4 Å². The third kappa shape index (κ3) is 5.66. The van der Waals surface area contributed by atoms with E-state index < -0.39 is 6.10 Å². The van der Waals surface area contributed by atoms with Crippen LogP contribution in [0.4, 0.5) is 0 Å². The van der Waals surface area contributed by atoms with Crippen molar-refractivity contribution in [1.82, 2.24) is 0 Å². The lowest BCUT2D eigenvalue weighted by Crippen LogP contribution is -2.08. The molecule has 0 aliphatic heterocycles. The van der Waals surface area contributed by atoms with Crippen LogP contribution < -0.4 is 4.74 Å². The Bertz CT molecular complexity index is 629. The highest BCUT2D eigenvalue weighted by Crippen LogP contribution is 2.30. The number of hydrogen-bond acceptors (Lipinski definition) is 3. The largest absolute Gasteiger partial charge is 0.489 e. The average Bonchev–Trinajstić information content (AvgIpc) is 2.58. The first-order chi connectivity index (χ1) is 11.4. The molecule has 1 atom stereocenters. The fourth-order valence-corrected chi connectivity index (χ4v) is 2.54. The van der Waals surface area contributed by atoms with Gasteiger partial charge < -0.3 is 14.9 Å². The van der Waals surface area contributed by atoms with Crippen molar-refractivity contribution in [3.63, 3.8) is 0 Å². The molecule has 0 saturated carbocycles. The molecule has 0 heterocycles. The van der Waals surface area contributed by atoms with E-state index in [4.69, 9.17) is 4.74 Å². The number of hydrogen-bond donors (Lipinski definition) is 2. The van der Waals surface area contributed by atoms with Crippen molar-refractivity contribution < 1.29 is 14.9 Å². The van der Waals surface area contributed by atoms with E-state index in [1.807, 2.05) is 48.5 Å². The predicted molar refractivity (Wildman–Crippen MR) is 96.8 cm³/mol. The van der Waals surface area contributed by atoms with E-state index in [1.54, 1.807) is 0 Å². The summed E-state index contributed by atoms with van der Waals surface area (Å²) >= 11 is 0. The molecule has 3 nitrogen and oxygen atoms in total. The standard InChI is InChI=1S/C21H28O3/c1-21(2,3)12-11-19(23)17-9-10-20(18(13-17)14-22)24-15-16-7-5-4-6-8-16/h4-10,13,19,22-23H,11-12,14-15H2,1-3H3/t19-/m1/s1. The molecule has 0 aliphatic rings. The zero-order valence-corrected chi connectivity index (χ0v) is 14.8. The van der Waals surface area contributed by atoms with Crippen LogP contribution in [0, 0.1) is 5.41 Å². The van der Waals surface area contributed by atoms with Gasteiger partial charge in [0.25, 0.3) is 0 Å². The summed E-state index contributed by atoms with van der Waals surface area (Å²) in [5.41, 5.74) is 2.81. The van der Waals surface area contributed by atoms with E-state index in [1.165, 1.54) is 0 Å². The Morgan fingerprint density at radius 3 is 2.38 bits per heavy atom. The van der Waals surface area contributed by atoms with Crippen LogP contribution in [-0.4, -0.2) is 10.2 Å². The molecule has 0 bridgehead atoms. The minimum Gasteiger partial charge on any atom is -0.489 e. The maximum absolute atomic E-state index is 10.4. The Kier molecular flexibility index (Phi) is 6.41. The predicted octanol–water partition coefficient (Wildman–Crippen LogP) is 4.62. The Hall–Kier alpha value is -1.84. The third-order valence-electron chi connectivity index (χ3n) is 4.04. The molecule has 3 heteroatoms. The maximum Gasteiger partial charge on any atom is 0.125 e. The average molecular weight is 328 g/mol. The monoisotopic (exact) mass is 328 g/mol. The first-order valence-electron chi connectivity index (χ1n) is 8.47. The summed E-state index contributed by atoms with van der Waals surface area (Å²) in [6.07, 6.45) is 1.13. The minimum atomic E-state index is -0.516. The molecule has 0 amide bonds. The van der Waals surface area contributed by atoms with Crippen molar-refractivity contribution >= 4 is 0 Å². The molecule has 2 N–H and O–H groups in total. The molecule has 2 aromatic carbocycles. The summed E-state index contributed by atoms with van der Waals surface area (Å²) in [6.45, 7) is 6.85. The molecule has 0 unspecified atom stereocenters. The van der Waals surface area contributed by atoms with Crippen LogP contribution in [0.3, 0.4) is 0 Å². The highest BCUT2D eigenvalue weighted by Gasteiger charge is 2.16. The van der Waals surface area contributed by atoms with Gasteiger partial charge in [0.15, 0.2) is 0 Å². The van der Waals surface area contributed by atoms with Gasteiger partial charge in [0.1, 0.15) is 12.4 Å². The number of benzene rings is 2. The van der Waals surface area contributed by atoms with E-state index in [9.17, 15) is 10.2 Å². The van der Waals surface area contributed by atoms with Gasteiger partial charge in [-0.15, -0.1) is 0 Å². The summed E-state index contributed by atoms with van der Waals surface area (Å²) in [5, 5.41) is 20.0. The zero-order chi connectivity index (χ0) is 17.6. The number of rotatable bonds is 7. The lowest BCUT2D eigenvalue weighted by atomic mass is 9.88. The molecule has 2 rings (SSSR count). The Morgan fingerprint density at radius 1 is 1.04 bits per heavy atom. The molecule has 2 aromatic rings. The second-order valence-electron chi connectivity index (χ2n) is 7.41. The maximum atomic E-state index is 10.4. The highest BCUT2D eigenvalue weighted by molar-refractivity contribution is 5.38. The Balaban J connectivity index is 2.04. The Morgan fingerprint density at radius 2 is 1.75 bits per heavy atom. The van der Waals surface area contributed by atoms with Gasteiger partial charge in [0, 0.05) is 5.56 Å². The Labute approximate surface area is 144 Å². The van der Waals surface area contributed by atoms with Gasteiger partial charge >= 0.3 is 0 Å². The molecule has 0 fully saturated rings. The van der Waals surface area contributed by atoms with Gasteiger partial charge in [-0.2, -0.15) is 0 Å². The molecular formula is C21H28O3. The van der Waals surface area contributed by atoms with Crippen molar-refractivity contribution in [3.8, 4) is 5.75 Å². The lowest BCUT2D eigenvalue weighted by Gasteiger charge is -2.21. The summed E-state index contributed by atoms with van der Waals surface area (Å²) in [4.78, 5) is 0. The second kappa shape index (κ2) is 8.32. The first-order valence-corrected chi connectivity index (χ1v) is 8.47. The highest BCUT2D eigenvalue weighted by atomic mass is 16.5. The first kappa shape index (κ1) is 18.5. The molecule has 0 aliphatic carbocycles. The second-order valence-corrected chi connectivity index (χ2v) is 7.41. The summed E-state index contributed by atoms with van der Waals surface area (Å²) < 4.78 is 5.82. The molecule has 0 radical (unpaired) electrons. The molecule has 0 saturated heterocycles. The fraction of sp³-hybridized carbons (Fsp3) is 0.429. The molecular weight excluding hydrogens is 300 g/mol. The SMILES string of the molecule is CC(C)(C)CC[C@@H](O)c1ccc(OCc2ccccc2)c(CO)c1. The van der Waals surface area contributed by atoms with Crippen LogP contribution in [0.25, 0.3) is 0 Å². The number of aliphatic hydroxyl groups excluding tert-OH is 2. The van der Waals surface area contributed by atoms with E-state index in [2.05, 4.69) is 20.8 Å². The summed E-state index contributed by atoms with van der Waals surface area (Å²) in [7, 11) is 0. The fourth-order valence-electron chi connectivity index (χ4n) is 2.54. The van der Waals surface area contributed by atoms with Gasteiger partial charge in [-0.05, 0) is 41.5 Å². The minimum absolute atomic E-state index is 0.107. The topological polar surface area (TPSA) is 49.7 Å². The van der Waals surface area contributed by atoms with E-state index in [0.717, 1.165) is 17.5 Å². The van der Waals surface area contributed by atoms with Crippen molar-refractivity contribution in [3.05, 3.63) is 65.2 Å². The van der Waals surface area contributed by atoms with Crippen molar-refractivity contribution in [2.24, 2.45) is 5.41 Å². The van der Waals surface area contributed by atoms with Gasteiger partial charge in [-0.25, -0.2) is 0 Å². The van der Waals surface area contributed by atoms with E-state index in [-0.39, 0.29) is 12.0 Å². The molecule has 0 aromatic heterocycles. The summed E-state index contributed by atoms with van der Waals surface area (Å²) in [5.74, 6) is 0.660. The molecule has 0 spiro atoms. The van der Waals surface area contributed by atoms with E-state index >= 15 is 0 Å². The van der Waals surface area contributed by atoms with Crippen LogP contribution in [0.2, 0.25) is 0 Å². The molecule has 24 heavy (non-hydrogen) atoms. The quantitative estimate of drug-likeness (QED) is 0.780. The van der Waals surface area contributed by atoms with Gasteiger partial charge in [-0.1, -0.05) is 57.2 Å². The lowest BCUT2D eigenvalue weighted by molar-refractivity contribution is 0.147. The zero-order valence-electron chi connectivity index (χ0n) is 14.8. The normalized spacial score (nSPS) is 12.9. The number of aliphatic hydroxyl groups is 2. The number of ether oxygens (including phenoxy) is 1. The van der Waals surface area contributed by atoms with Crippen LogP contribution in [0.5, 0.6) is 5.75 Å². The van der Waals surface area contributed by atoms with Gasteiger partial charge in [0.2, 0.25) is 0 Å². The van der Waals surface area contributed by atoms with Crippen LogP contribution in [-0.2, 0) is 13.2 Å². The van der Waals surface area contributed by atoms with Crippen molar-refractivity contribution in [2.45, 2.75) is 52.9 Å². The van der Waals surface area contributed by atoms with Gasteiger partial charge in [-0.3, -0.25) is 0 Å². The smallest absolute Gasteiger partial charge is 0.125 e.